The maximum atomic E-state index is 10.4. The van der Waals surface area contributed by atoms with Gasteiger partial charge in [0.15, 0.2) is 0 Å². The summed E-state index contributed by atoms with van der Waals surface area (Å²) in [5, 5.41) is 10.4. The van der Waals surface area contributed by atoms with E-state index in [-0.39, 0.29) is 16.9 Å². The van der Waals surface area contributed by atoms with Crippen LogP contribution in [0.25, 0.3) is 0 Å². The minimum Gasteiger partial charge on any atom is -0.393 e. The van der Waals surface area contributed by atoms with Crippen LogP contribution in [0.15, 0.2) is 42.5 Å². The van der Waals surface area contributed by atoms with Crippen LogP contribution in [0.4, 0.5) is 0 Å². The Morgan fingerprint density at radius 2 is 1.52 bits per heavy atom. The van der Waals surface area contributed by atoms with Gasteiger partial charge in [0, 0.05) is 5.41 Å². The van der Waals surface area contributed by atoms with Gasteiger partial charge in [-0.15, -0.1) is 0 Å². The Bertz CT molecular complexity index is 747. The number of benzene rings is 2. The first-order chi connectivity index (χ1) is 12.6. The van der Waals surface area contributed by atoms with E-state index >= 15 is 0 Å². The van der Waals surface area contributed by atoms with E-state index in [9.17, 15) is 5.11 Å². The van der Waals surface area contributed by atoms with Gasteiger partial charge in [-0.3, -0.25) is 0 Å². The Balaban J connectivity index is 2.33. The van der Waals surface area contributed by atoms with E-state index in [1.807, 2.05) is 0 Å². The van der Waals surface area contributed by atoms with Crippen LogP contribution in [0.5, 0.6) is 0 Å². The smallest absolute Gasteiger partial charge is 0.0591 e. The predicted octanol–water partition coefficient (Wildman–Crippen LogP) is 6.75. The summed E-state index contributed by atoms with van der Waals surface area (Å²) >= 11 is 0. The Morgan fingerprint density at radius 3 is 2.04 bits per heavy atom. The summed E-state index contributed by atoms with van der Waals surface area (Å²) < 4.78 is 0. The number of aliphatic hydroxyl groups excluding tert-OH is 1. The van der Waals surface area contributed by atoms with E-state index in [2.05, 4.69) is 90.9 Å². The number of rotatable bonds is 7. The molecule has 0 heterocycles. The quantitative estimate of drug-likeness (QED) is 0.574. The van der Waals surface area contributed by atoms with Gasteiger partial charge in [-0.05, 0) is 67.2 Å². The number of hydrogen-bond acceptors (Lipinski definition) is 1. The molecular weight excluding hydrogens is 328 g/mol. The van der Waals surface area contributed by atoms with Crippen molar-refractivity contribution in [2.45, 2.75) is 85.7 Å². The van der Waals surface area contributed by atoms with Gasteiger partial charge in [-0.1, -0.05) is 82.6 Å². The second-order valence-corrected chi connectivity index (χ2v) is 9.22. The lowest BCUT2D eigenvalue weighted by Crippen LogP contribution is -2.27. The molecule has 1 heteroatoms. The minimum absolute atomic E-state index is 0.0570. The van der Waals surface area contributed by atoms with Gasteiger partial charge >= 0.3 is 0 Å². The van der Waals surface area contributed by atoms with Crippen LogP contribution in [-0.2, 0) is 11.8 Å². The van der Waals surface area contributed by atoms with Crippen LogP contribution in [0, 0.1) is 19.3 Å². The first kappa shape index (κ1) is 21.7. The van der Waals surface area contributed by atoms with Gasteiger partial charge < -0.3 is 5.11 Å². The van der Waals surface area contributed by atoms with E-state index in [1.165, 1.54) is 27.8 Å². The molecule has 2 rings (SSSR count). The summed E-state index contributed by atoms with van der Waals surface area (Å²) in [6.45, 7) is 15.3. The maximum absolute atomic E-state index is 10.4. The van der Waals surface area contributed by atoms with Crippen LogP contribution in [-0.4, -0.2) is 11.2 Å². The van der Waals surface area contributed by atoms with Gasteiger partial charge in [0.25, 0.3) is 0 Å². The first-order valence-electron chi connectivity index (χ1n) is 10.5. The number of hydrogen-bond donors (Lipinski definition) is 1. The summed E-state index contributed by atoms with van der Waals surface area (Å²) in [5.41, 5.74) is 6.86. The molecule has 1 nitrogen and oxygen atoms in total. The van der Waals surface area contributed by atoms with Gasteiger partial charge in [0.1, 0.15) is 0 Å². The van der Waals surface area contributed by atoms with Crippen LogP contribution >= 0.6 is 0 Å². The average molecular weight is 367 g/mol. The maximum Gasteiger partial charge on any atom is 0.0591 e. The molecule has 27 heavy (non-hydrogen) atoms. The molecule has 2 aromatic rings. The highest BCUT2D eigenvalue weighted by molar-refractivity contribution is 5.44. The molecule has 0 aliphatic heterocycles. The lowest BCUT2D eigenvalue weighted by atomic mass is 9.70. The van der Waals surface area contributed by atoms with Crippen molar-refractivity contribution in [3.05, 3.63) is 70.3 Å². The molecule has 1 N–H and O–H groups in total. The van der Waals surface area contributed by atoms with E-state index in [0.717, 1.165) is 25.7 Å². The third kappa shape index (κ3) is 4.82. The van der Waals surface area contributed by atoms with Crippen LogP contribution in [0.3, 0.4) is 0 Å². The van der Waals surface area contributed by atoms with E-state index in [4.69, 9.17) is 0 Å². The van der Waals surface area contributed by atoms with Crippen molar-refractivity contribution in [2.75, 3.05) is 0 Å². The minimum atomic E-state index is -0.269. The monoisotopic (exact) mass is 366 g/mol. The van der Waals surface area contributed by atoms with Crippen molar-refractivity contribution in [1.29, 1.82) is 0 Å². The summed E-state index contributed by atoms with van der Waals surface area (Å²) in [5.74, 6) is 0. The Hall–Kier alpha value is -1.60. The molecule has 148 valence electrons. The molecule has 2 aromatic carbocycles. The molecule has 1 atom stereocenters. The van der Waals surface area contributed by atoms with E-state index in [0.29, 0.717) is 0 Å². The fraction of sp³-hybridized carbons (Fsp3) is 0.538. The van der Waals surface area contributed by atoms with E-state index in [1.54, 1.807) is 0 Å². The second kappa shape index (κ2) is 8.61. The Morgan fingerprint density at radius 1 is 0.889 bits per heavy atom. The molecule has 0 spiro atoms. The highest BCUT2D eigenvalue weighted by Gasteiger charge is 2.31. The third-order valence-electron chi connectivity index (χ3n) is 6.36. The second-order valence-electron chi connectivity index (χ2n) is 9.22. The SMILES string of the molecule is CCC(CC)(c1cccc(C)c1)c1ccc(CC[C@H](O)C(C)(C)C)c(C)c1. The Labute approximate surface area is 166 Å². The standard InChI is InChI=1S/C26H38O/c1-8-26(9-2,22-12-10-11-19(3)17-22)23-15-13-21(20(4)18-23)14-16-24(27)25(5,6)7/h10-13,15,17-18,24,27H,8-9,14,16H2,1-7H3/t24-/m0/s1. The first-order valence-corrected chi connectivity index (χ1v) is 10.5. The normalized spacial score (nSPS) is 13.6. The van der Waals surface area contributed by atoms with Crippen LogP contribution in [0.1, 0.15) is 81.7 Å². The van der Waals surface area contributed by atoms with Crippen molar-refractivity contribution in [3.63, 3.8) is 0 Å². The molecule has 0 aliphatic carbocycles. The Kier molecular flexibility index (Phi) is 6.92. The number of aryl methyl sites for hydroxylation is 3. The molecule has 0 fully saturated rings. The summed E-state index contributed by atoms with van der Waals surface area (Å²) in [4.78, 5) is 0. The summed E-state index contributed by atoms with van der Waals surface area (Å²) in [6.07, 6.45) is 3.66. The lowest BCUT2D eigenvalue weighted by Gasteiger charge is -2.34. The third-order valence-corrected chi connectivity index (χ3v) is 6.36. The highest BCUT2D eigenvalue weighted by atomic mass is 16.3. The molecule has 0 radical (unpaired) electrons. The van der Waals surface area contributed by atoms with Crippen molar-refractivity contribution in [2.24, 2.45) is 5.41 Å². The van der Waals surface area contributed by atoms with Gasteiger partial charge in [0.2, 0.25) is 0 Å². The molecule has 0 unspecified atom stereocenters. The highest BCUT2D eigenvalue weighted by Crippen LogP contribution is 2.40. The van der Waals surface area contributed by atoms with Crippen LogP contribution < -0.4 is 0 Å². The number of aliphatic hydroxyl groups is 1. The van der Waals surface area contributed by atoms with Crippen molar-refractivity contribution in [3.8, 4) is 0 Å². The fourth-order valence-electron chi connectivity index (χ4n) is 4.18. The summed E-state index contributed by atoms with van der Waals surface area (Å²) in [7, 11) is 0. The molecule has 0 aromatic heterocycles. The summed E-state index contributed by atoms with van der Waals surface area (Å²) in [6, 6.07) is 16.0. The zero-order valence-electron chi connectivity index (χ0n) is 18.4. The van der Waals surface area contributed by atoms with Crippen molar-refractivity contribution < 1.29 is 5.11 Å². The van der Waals surface area contributed by atoms with Gasteiger partial charge in [-0.2, -0.15) is 0 Å². The fourth-order valence-corrected chi connectivity index (χ4v) is 4.18. The van der Waals surface area contributed by atoms with Crippen molar-refractivity contribution >= 4 is 0 Å². The largest absolute Gasteiger partial charge is 0.393 e. The zero-order chi connectivity index (χ0) is 20.2. The average Bonchev–Trinajstić information content (AvgIpc) is 2.61. The zero-order valence-corrected chi connectivity index (χ0v) is 18.4. The van der Waals surface area contributed by atoms with E-state index < -0.39 is 0 Å². The molecule has 0 saturated heterocycles. The topological polar surface area (TPSA) is 20.2 Å². The van der Waals surface area contributed by atoms with Gasteiger partial charge in [0.05, 0.1) is 6.10 Å². The van der Waals surface area contributed by atoms with Gasteiger partial charge in [-0.25, -0.2) is 0 Å². The molecule has 0 amide bonds. The van der Waals surface area contributed by atoms with Crippen LogP contribution in [0.2, 0.25) is 0 Å². The lowest BCUT2D eigenvalue weighted by molar-refractivity contribution is 0.0560. The molecular formula is C26H38O. The molecule has 0 aliphatic rings. The predicted molar refractivity (Wildman–Crippen MR) is 118 cm³/mol. The molecule has 0 bridgehead atoms. The van der Waals surface area contributed by atoms with Crippen molar-refractivity contribution in [1.82, 2.24) is 0 Å². The molecule has 0 saturated carbocycles.